The quantitative estimate of drug-likeness (QED) is 0.540. The first kappa shape index (κ1) is 15.2. The Hall–Kier alpha value is -0.830. The van der Waals surface area contributed by atoms with Crippen LogP contribution in [-0.4, -0.2) is 9.96 Å². The van der Waals surface area contributed by atoms with Crippen LogP contribution in [0.5, 0.6) is 0 Å². The molecule has 18 heavy (non-hydrogen) atoms. The van der Waals surface area contributed by atoms with E-state index in [9.17, 15) is 4.21 Å². The molecule has 2 N–H and O–H groups in total. The van der Waals surface area contributed by atoms with Gasteiger partial charge in [-0.1, -0.05) is 51.5 Å². The number of hydrogen-bond donors (Lipinski definition) is 1. The van der Waals surface area contributed by atoms with E-state index in [0.717, 1.165) is 17.1 Å². The van der Waals surface area contributed by atoms with Gasteiger partial charge in [-0.2, -0.15) is 0 Å². The van der Waals surface area contributed by atoms with Crippen molar-refractivity contribution in [2.75, 3.05) is 11.5 Å². The first-order valence-electron chi connectivity index (χ1n) is 6.98. The molecular formula is C15H25NOS. The summed E-state index contributed by atoms with van der Waals surface area (Å²) in [4.78, 5) is 0.862. The second-order valence-electron chi connectivity index (χ2n) is 4.74. The Labute approximate surface area is 113 Å². The molecule has 1 aromatic rings. The van der Waals surface area contributed by atoms with E-state index < -0.39 is 10.8 Å². The lowest BCUT2D eigenvalue weighted by atomic mass is 10.1. The van der Waals surface area contributed by atoms with E-state index in [4.69, 9.17) is 5.73 Å². The summed E-state index contributed by atoms with van der Waals surface area (Å²) in [6, 6.07) is 7.41. The molecule has 0 aromatic heterocycles. The largest absolute Gasteiger partial charge is 0.399 e. The van der Waals surface area contributed by atoms with Crippen molar-refractivity contribution in [1.29, 1.82) is 0 Å². The van der Waals surface area contributed by atoms with Crippen LogP contribution in [0.4, 0.5) is 5.69 Å². The molecule has 1 unspecified atom stereocenters. The molecule has 0 aliphatic carbocycles. The zero-order valence-corrected chi connectivity index (χ0v) is 12.2. The summed E-state index contributed by atoms with van der Waals surface area (Å²) in [7, 11) is -0.882. The Balaban J connectivity index is 2.14. The van der Waals surface area contributed by atoms with Gasteiger partial charge in [0.1, 0.15) is 0 Å². The maximum absolute atomic E-state index is 12.0. The molecule has 102 valence electrons. The first-order valence-corrected chi connectivity index (χ1v) is 8.30. The molecular weight excluding hydrogens is 242 g/mol. The Morgan fingerprint density at radius 1 is 1.06 bits per heavy atom. The molecule has 0 fully saturated rings. The normalized spacial score (nSPS) is 12.5. The van der Waals surface area contributed by atoms with E-state index in [1.165, 1.54) is 38.5 Å². The third kappa shape index (κ3) is 6.20. The summed E-state index contributed by atoms with van der Waals surface area (Å²) in [5, 5.41) is 0. The van der Waals surface area contributed by atoms with Crippen LogP contribution in [0.1, 0.15) is 51.9 Å². The van der Waals surface area contributed by atoms with Crippen molar-refractivity contribution in [3.05, 3.63) is 24.3 Å². The van der Waals surface area contributed by atoms with Crippen molar-refractivity contribution in [3.8, 4) is 0 Å². The smallest absolute Gasteiger partial charge is 0.0530 e. The highest BCUT2D eigenvalue weighted by Gasteiger charge is 2.03. The van der Waals surface area contributed by atoms with Gasteiger partial charge in [-0.05, 0) is 24.6 Å². The van der Waals surface area contributed by atoms with Crippen molar-refractivity contribution >= 4 is 16.5 Å². The van der Waals surface area contributed by atoms with Gasteiger partial charge in [0.25, 0.3) is 0 Å². The van der Waals surface area contributed by atoms with Crippen molar-refractivity contribution in [1.82, 2.24) is 0 Å². The van der Waals surface area contributed by atoms with E-state index in [1.807, 2.05) is 24.3 Å². The molecule has 3 heteroatoms. The summed E-state index contributed by atoms with van der Waals surface area (Å²) < 4.78 is 12.0. The summed E-state index contributed by atoms with van der Waals surface area (Å²) >= 11 is 0. The molecule has 1 aromatic carbocycles. The van der Waals surface area contributed by atoms with Gasteiger partial charge in [0, 0.05) is 16.3 Å². The molecule has 0 aliphatic heterocycles. The molecule has 1 atom stereocenters. The summed E-state index contributed by atoms with van der Waals surface area (Å²) in [6.45, 7) is 2.23. The van der Waals surface area contributed by atoms with Crippen LogP contribution in [0.15, 0.2) is 29.2 Å². The topological polar surface area (TPSA) is 43.1 Å². The fourth-order valence-electron chi connectivity index (χ4n) is 1.96. The van der Waals surface area contributed by atoms with Crippen LogP contribution in [-0.2, 0) is 10.8 Å². The molecule has 0 saturated carbocycles. The lowest BCUT2D eigenvalue weighted by Crippen LogP contribution is -1.99. The highest BCUT2D eigenvalue weighted by atomic mass is 32.2. The minimum atomic E-state index is -0.882. The number of nitrogen functional groups attached to an aromatic ring is 1. The Kier molecular flexibility index (Phi) is 7.74. The van der Waals surface area contributed by atoms with E-state index in [-0.39, 0.29) is 0 Å². The predicted octanol–water partition coefficient (Wildman–Crippen LogP) is 4.13. The maximum atomic E-state index is 12.0. The minimum absolute atomic E-state index is 0.695. The molecule has 1 rings (SSSR count). The van der Waals surface area contributed by atoms with Crippen LogP contribution in [0.25, 0.3) is 0 Å². The van der Waals surface area contributed by atoms with E-state index in [1.54, 1.807) is 0 Å². The Morgan fingerprint density at radius 3 is 2.39 bits per heavy atom. The lowest BCUT2D eigenvalue weighted by molar-refractivity contribution is 0.601. The van der Waals surface area contributed by atoms with Crippen molar-refractivity contribution in [2.45, 2.75) is 56.8 Å². The summed E-state index contributed by atoms with van der Waals surface area (Å²) in [6.07, 6.45) is 8.81. The van der Waals surface area contributed by atoms with Gasteiger partial charge in [0.15, 0.2) is 0 Å². The van der Waals surface area contributed by atoms with Gasteiger partial charge in [0.2, 0.25) is 0 Å². The van der Waals surface area contributed by atoms with Crippen LogP contribution in [0.2, 0.25) is 0 Å². The standard InChI is InChI=1S/C15H25NOS/c1-2-3-4-5-6-7-8-12-18(17)15-11-9-10-14(16)13-15/h9-11,13H,2-8,12,16H2,1H3. The second kappa shape index (κ2) is 9.15. The molecule has 0 heterocycles. The number of nitrogens with two attached hydrogens (primary N) is 1. The maximum Gasteiger partial charge on any atom is 0.0530 e. The zero-order chi connectivity index (χ0) is 13.2. The van der Waals surface area contributed by atoms with Gasteiger partial charge in [-0.25, -0.2) is 0 Å². The van der Waals surface area contributed by atoms with Crippen molar-refractivity contribution in [2.24, 2.45) is 0 Å². The van der Waals surface area contributed by atoms with Gasteiger partial charge < -0.3 is 5.73 Å². The van der Waals surface area contributed by atoms with Crippen LogP contribution >= 0.6 is 0 Å². The SMILES string of the molecule is CCCCCCCCCS(=O)c1cccc(N)c1. The molecule has 0 spiro atoms. The second-order valence-corrected chi connectivity index (χ2v) is 6.31. The molecule has 0 radical (unpaired) electrons. The monoisotopic (exact) mass is 267 g/mol. The van der Waals surface area contributed by atoms with Crippen LogP contribution in [0.3, 0.4) is 0 Å². The Bertz CT molecular complexity index is 365. The highest BCUT2D eigenvalue weighted by molar-refractivity contribution is 7.85. The molecule has 0 amide bonds. The molecule has 0 bridgehead atoms. The van der Waals surface area contributed by atoms with E-state index in [0.29, 0.717) is 5.69 Å². The third-order valence-corrected chi connectivity index (χ3v) is 4.49. The zero-order valence-electron chi connectivity index (χ0n) is 11.4. The van der Waals surface area contributed by atoms with E-state index in [2.05, 4.69) is 6.92 Å². The van der Waals surface area contributed by atoms with Gasteiger partial charge >= 0.3 is 0 Å². The Morgan fingerprint density at radius 2 is 1.72 bits per heavy atom. The van der Waals surface area contributed by atoms with Gasteiger partial charge in [0.05, 0.1) is 10.8 Å². The van der Waals surface area contributed by atoms with Crippen molar-refractivity contribution < 1.29 is 4.21 Å². The van der Waals surface area contributed by atoms with Crippen molar-refractivity contribution in [3.63, 3.8) is 0 Å². The molecule has 0 aliphatic rings. The third-order valence-electron chi connectivity index (χ3n) is 3.05. The van der Waals surface area contributed by atoms with Crippen LogP contribution in [0, 0.1) is 0 Å². The van der Waals surface area contributed by atoms with E-state index >= 15 is 0 Å². The number of unbranched alkanes of at least 4 members (excludes halogenated alkanes) is 6. The predicted molar refractivity (Wildman–Crippen MR) is 80.1 cm³/mol. The molecule has 2 nitrogen and oxygen atoms in total. The average Bonchev–Trinajstić information content (AvgIpc) is 2.37. The first-order chi connectivity index (χ1) is 8.74. The van der Waals surface area contributed by atoms with Crippen LogP contribution < -0.4 is 5.73 Å². The fourth-order valence-corrected chi connectivity index (χ4v) is 3.16. The number of hydrogen-bond acceptors (Lipinski definition) is 2. The highest BCUT2D eigenvalue weighted by Crippen LogP contribution is 2.13. The summed E-state index contributed by atoms with van der Waals surface area (Å²) in [5.74, 6) is 0.761. The fraction of sp³-hybridized carbons (Fsp3) is 0.600. The number of rotatable bonds is 9. The average molecular weight is 267 g/mol. The molecule has 0 saturated heterocycles. The number of benzene rings is 1. The lowest BCUT2D eigenvalue weighted by Gasteiger charge is -2.03. The minimum Gasteiger partial charge on any atom is -0.399 e. The van der Waals surface area contributed by atoms with Gasteiger partial charge in [-0.3, -0.25) is 4.21 Å². The van der Waals surface area contributed by atoms with Gasteiger partial charge in [-0.15, -0.1) is 0 Å². The number of anilines is 1. The summed E-state index contributed by atoms with van der Waals surface area (Å²) in [5.41, 5.74) is 6.38.